The van der Waals surface area contributed by atoms with Crippen LogP contribution in [-0.2, 0) is 14.4 Å². The molecule has 2 atom stereocenters. The summed E-state index contributed by atoms with van der Waals surface area (Å²) < 4.78 is 0. The van der Waals surface area contributed by atoms with Gasteiger partial charge in [-0.2, -0.15) is 0 Å². The molecule has 0 heterocycles. The largest absolute Gasteiger partial charge is 0.481 e. The number of carboxylic acid groups (broad SMARTS) is 2. The molecule has 0 saturated heterocycles. The second-order valence-corrected chi connectivity index (χ2v) is 4.54. The number of hydrogen-bond donors (Lipinski definition) is 5. The lowest BCUT2D eigenvalue weighted by Crippen LogP contribution is -2.48. The Bertz CT molecular complexity index is 335. The maximum Gasteiger partial charge on any atom is 0.326 e. The highest BCUT2D eigenvalue weighted by atomic mass is 16.4. The number of aliphatic carboxylic acids is 2. The SMILES string of the molecule is CNCCCCC(NC(=O)[C@@H](N)CCC(=O)O)C(=O)O. The van der Waals surface area contributed by atoms with Gasteiger partial charge in [-0.1, -0.05) is 0 Å². The first-order valence-electron chi connectivity index (χ1n) is 6.53. The van der Waals surface area contributed by atoms with E-state index in [4.69, 9.17) is 15.9 Å². The summed E-state index contributed by atoms with van der Waals surface area (Å²) in [6.07, 6.45) is 1.53. The lowest BCUT2D eigenvalue weighted by Gasteiger charge is -2.17. The van der Waals surface area contributed by atoms with Gasteiger partial charge in [-0.25, -0.2) is 4.79 Å². The van der Waals surface area contributed by atoms with Crippen LogP contribution in [-0.4, -0.2) is 53.7 Å². The van der Waals surface area contributed by atoms with Gasteiger partial charge in [-0.3, -0.25) is 9.59 Å². The van der Waals surface area contributed by atoms with Crippen LogP contribution in [0.2, 0.25) is 0 Å². The van der Waals surface area contributed by atoms with Gasteiger partial charge in [0.2, 0.25) is 5.91 Å². The molecule has 1 unspecified atom stereocenters. The minimum absolute atomic E-state index is 0.0206. The normalized spacial score (nSPS) is 13.5. The molecule has 0 aliphatic carbocycles. The van der Waals surface area contributed by atoms with E-state index in [0.29, 0.717) is 12.8 Å². The average molecular weight is 289 g/mol. The van der Waals surface area contributed by atoms with Crippen LogP contribution < -0.4 is 16.4 Å². The van der Waals surface area contributed by atoms with Crippen molar-refractivity contribution >= 4 is 17.8 Å². The fourth-order valence-electron chi connectivity index (χ4n) is 1.60. The van der Waals surface area contributed by atoms with Crippen LogP contribution in [0, 0.1) is 0 Å². The standard InChI is InChI=1S/C12H23N3O5/c1-14-7-3-2-4-9(12(19)20)15-11(18)8(13)5-6-10(16)17/h8-9,14H,2-7,13H2,1H3,(H,15,18)(H,16,17)(H,19,20)/t8-,9?/m0/s1. The summed E-state index contributed by atoms with van der Waals surface area (Å²) in [5.41, 5.74) is 5.51. The topological polar surface area (TPSA) is 142 Å². The lowest BCUT2D eigenvalue weighted by molar-refractivity contribution is -0.142. The highest BCUT2D eigenvalue weighted by Crippen LogP contribution is 2.03. The molecule has 20 heavy (non-hydrogen) atoms. The van der Waals surface area contributed by atoms with Crippen molar-refractivity contribution in [1.82, 2.24) is 10.6 Å². The first kappa shape index (κ1) is 18.3. The molecule has 0 aliphatic rings. The predicted molar refractivity (Wildman–Crippen MR) is 72.2 cm³/mol. The number of nitrogens with two attached hydrogens (primary N) is 1. The number of hydrogen-bond acceptors (Lipinski definition) is 5. The Labute approximate surface area is 117 Å². The summed E-state index contributed by atoms with van der Waals surface area (Å²) in [6, 6.07) is -2.00. The molecule has 0 saturated carbocycles. The zero-order valence-corrected chi connectivity index (χ0v) is 11.6. The molecule has 6 N–H and O–H groups in total. The van der Waals surface area contributed by atoms with Gasteiger partial charge < -0.3 is 26.6 Å². The van der Waals surface area contributed by atoms with Crippen molar-refractivity contribution in [2.24, 2.45) is 5.73 Å². The van der Waals surface area contributed by atoms with Crippen LogP contribution in [0.5, 0.6) is 0 Å². The average Bonchev–Trinajstić information content (AvgIpc) is 2.38. The Balaban J connectivity index is 4.18. The van der Waals surface area contributed by atoms with Crippen molar-refractivity contribution < 1.29 is 24.6 Å². The Morgan fingerprint density at radius 3 is 2.30 bits per heavy atom. The van der Waals surface area contributed by atoms with Crippen molar-refractivity contribution in [3.8, 4) is 0 Å². The molecule has 0 fully saturated rings. The van der Waals surface area contributed by atoms with Crippen LogP contribution in [0.3, 0.4) is 0 Å². The summed E-state index contributed by atoms with van der Waals surface area (Å²) in [5.74, 6) is -2.80. The second-order valence-electron chi connectivity index (χ2n) is 4.54. The van der Waals surface area contributed by atoms with Crippen LogP contribution in [0.1, 0.15) is 32.1 Å². The maximum absolute atomic E-state index is 11.7. The minimum atomic E-state index is -1.12. The zero-order chi connectivity index (χ0) is 15.5. The van der Waals surface area contributed by atoms with Gasteiger partial charge in [0.1, 0.15) is 6.04 Å². The van der Waals surface area contributed by atoms with Crippen LogP contribution >= 0.6 is 0 Å². The molecule has 0 aliphatic heterocycles. The molecule has 0 aromatic heterocycles. The lowest BCUT2D eigenvalue weighted by atomic mass is 10.1. The molecular weight excluding hydrogens is 266 g/mol. The number of nitrogens with one attached hydrogen (secondary N) is 2. The number of amides is 1. The van der Waals surface area contributed by atoms with Crippen LogP contribution in [0.4, 0.5) is 0 Å². The van der Waals surface area contributed by atoms with Crippen LogP contribution in [0.25, 0.3) is 0 Å². The summed E-state index contributed by atoms with van der Waals surface area (Å²) >= 11 is 0. The van der Waals surface area contributed by atoms with Gasteiger partial charge in [-0.05, 0) is 39.3 Å². The minimum Gasteiger partial charge on any atom is -0.481 e. The fourth-order valence-corrected chi connectivity index (χ4v) is 1.60. The van der Waals surface area contributed by atoms with E-state index in [0.717, 1.165) is 13.0 Å². The van der Waals surface area contributed by atoms with Gasteiger partial charge in [0.15, 0.2) is 0 Å². The summed E-state index contributed by atoms with van der Waals surface area (Å²) in [4.78, 5) is 33.0. The summed E-state index contributed by atoms with van der Waals surface area (Å²) in [7, 11) is 1.80. The third-order valence-electron chi connectivity index (χ3n) is 2.79. The molecule has 116 valence electrons. The van der Waals surface area contributed by atoms with Gasteiger partial charge in [0.25, 0.3) is 0 Å². The van der Waals surface area contributed by atoms with E-state index in [-0.39, 0.29) is 12.8 Å². The smallest absolute Gasteiger partial charge is 0.326 e. The van der Waals surface area contributed by atoms with Gasteiger partial charge in [0.05, 0.1) is 6.04 Å². The second kappa shape index (κ2) is 10.2. The third-order valence-corrected chi connectivity index (χ3v) is 2.79. The van der Waals surface area contributed by atoms with E-state index in [1.807, 2.05) is 0 Å². The van der Waals surface area contributed by atoms with E-state index in [1.165, 1.54) is 0 Å². The Morgan fingerprint density at radius 2 is 1.80 bits per heavy atom. The number of carboxylic acids is 2. The molecule has 1 amide bonds. The van der Waals surface area contributed by atoms with Gasteiger partial charge in [-0.15, -0.1) is 0 Å². The Morgan fingerprint density at radius 1 is 1.15 bits per heavy atom. The Kier molecular flexibility index (Phi) is 9.31. The molecule has 0 radical (unpaired) electrons. The van der Waals surface area contributed by atoms with E-state index in [1.54, 1.807) is 7.05 Å². The number of rotatable bonds is 11. The fraction of sp³-hybridized carbons (Fsp3) is 0.750. The van der Waals surface area contributed by atoms with Crippen LogP contribution in [0.15, 0.2) is 0 Å². The Hall–Kier alpha value is -1.67. The predicted octanol–water partition coefficient (Wildman–Crippen LogP) is -0.862. The molecule has 8 nitrogen and oxygen atoms in total. The summed E-state index contributed by atoms with van der Waals surface area (Å²) in [5, 5.41) is 22.8. The molecule has 0 rings (SSSR count). The molecule has 0 bridgehead atoms. The zero-order valence-electron chi connectivity index (χ0n) is 11.6. The molecule has 0 spiro atoms. The highest BCUT2D eigenvalue weighted by Gasteiger charge is 2.23. The monoisotopic (exact) mass is 289 g/mol. The molecule has 0 aromatic rings. The van der Waals surface area contributed by atoms with Crippen molar-refractivity contribution in [3.63, 3.8) is 0 Å². The van der Waals surface area contributed by atoms with E-state index in [9.17, 15) is 14.4 Å². The highest BCUT2D eigenvalue weighted by molar-refractivity contribution is 5.87. The van der Waals surface area contributed by atoms with Gasteiger partial charge >= 0.3 is 11.9 Å². The number of unbranched alkanes of at least 4 members (excludes halogenated alkanes) is 1. The van der Waals surface area contributed by atoms with Crippen molar-refractivity contribution in [2.75, 3.05) is 13.6 Å². The number of carbonyl (C=O) groups is 3. The molecule has 0 aromatic carbocycles. The first-order valence-corrected chi connectivity index (χ1v) is 6.53. The molecule has 8 heteroatoms. The first-order chi connectivity index (χ1) is 9.38. The van der Waals surface area contributed by atoms with Crippen molar-refractivity contribution in [1.29, 1.82) is 0 Å². The van der Waals surface area contributed by atoms with E-state index >= 15 is 0 Å². The van der Waals surface area contributed by atoms with E-state index in [2.05, 4.69) is 10.6 Å². The van der Waals surface area contributed by atoms with Crippen molar-refractivity contribution in [2.45, 2.75) is 44.2 Å². The maximum atomic E-state index is 11.7. The van der Waals surface area contributed by atoms with E-state index < -0.39 is 29.9 Å². The number of carbonyl (C=O) groups excluding carboxylic acids is 1. The quantitative estimate of drug-likeness (QED) is 0.311. The van der Waals surface area contributed by atoms with Crippen molar-refractivity contribution in [3.05, 3.63) is 0 Å². The third kappa shape index (κ3) is 8.44. The molecular formula is C12H23N3O5. The van der Waals surface area contributed by atoms with Gasteiger partial charge in [0, 0.05) is 6.42 Å². The summed E-state index contributed by atoms with van der Waals surface area (Å²) in [6.45, 7) is 0.776.